The van der Waals surface area contributed by atoms with Gasteiger partial charge >= 0.3 is 0 Å². The molecular weight excluding hydrogens is 218 g/mol. The van der Waals surface area contributed by atoms with E-state index < -0.39 is 0 Å². The smallest absolute Gasteiger partial charge is 0.231 e. The van der Waals surface area contributed by atoms with Crippen LogP contribution in [-0.4, -0.2) is 25.4 Å². The van der Waals surface area contributed by atoms with E-state index in [2.05, 4.69) is 5.32 Å². The molecule has 1 aromatic carbocycles. The second-order valence-corrected chi connectivity index (χ2v) is 4.03. The summed E-state index contributed by atoms with van der Waals surface area (Å²) in [5.41, 5.74) is 8.13. The lowest BCUT2D eigenvalue weighted by Gasteiger charge is -2.16. The van der Waals surface area contributed by atoms with Crippen molar-refractivity contribution in [2.24, 2.45) is 0 Å². The summed E-state index contributed by atoms with van der Waals surface area (Å²) in [4.78, 5) is 24.6. The van der Waals surface area contributed by atoms with E-state index in [1.807, 2.05) is 12.1 Å². The molecule has 1 heterocycles. The highest BCUT2D eigenvalue weighted by Crippen LogP contribution is 2.30. The number of nitrogens with one attached hydrogen (secondary N) is 1. The van der Waals surface area contributed by atoms with E-state index in [0.717, 1.165) is 11.3 Å². The molecule has 0 aliphatic carbocycles. The third-order valence-electron chi connectivity index (χ3n) is 2.88. The predicted octanol–water partition coefficient (Wildman–Crippen LogP) is 0.294. The molecule has 0 spiro atoms. The summed E-state index contributed by atoms with van der Waals surface area (Å²) in [6.07, 6.45) is 0.681. The Balaban J connectivity index is 2.15. The molecule has 0 unspecified atom stereocenters. The Morgan fingerprint density at radius 3 is 3.00 bits per heavy atom. The lowest BCUT2D eigenvalue weighted by atomic mass is 10.1. The van der Waals surface area contributed by atoms with Crippen LogP contribution in [0.15, 0.2) is 18.2 Å². The molecule has 0 fully saturated rings. The number of nitrogens with zero attached hydrogens (tertiary/aromatic N) is 1. The fourth-order valence-electron chi connectivity index (χ4n) is 1.99. The van der Waals surface area contributed by atoms with Gasteiger partial charge in [-0.15, -0.1) is 0 Å². The molecule has 3 N–H and O–H groups in total. The van der Waals surface area contributed by atoms with Crippen LogP contribution >= 0.6 is 0 Å². The van der Waals surface area contributed by atoms with Gasteiger partial charge < -0.3 is 16.0 Å². The second-order valence-electron chi connectivity index (χ2n) is 4.03. The average molecular weight is 233 g/mol. The van der Waals surface area contributed by atoms with Crippen LogP contribution in [0.25, 0.3) is 0 Å². The number of hydrogen-bond donors (Lipinski definition) is 2. The maximum absolute atomic E-state index is 11.8. The zero-order valence-electron chi connectivity index (χ0n) is 9.69. The molecule has 17 heavy (non-hydrogen) atoms. The number of carbonyl (C=O) groups excluding carboxylic acids is 2. The minimum absolute atomic E-state index is 0.0227. The van der Waals surface area contributed by atoms with Crippen LogP contribution in [-0.2, 0) is 16.0 Å². The molecule has 1 aliphatic heterocycles. The van der Waals surface area contributed by atoms with Crippen LogP contribution in [0.4, 0.5) is 11.4 Å². The summed E-state index contributed by atoms with van der Waals surface area (Å²) in [6, 6.07) is 5.41. The lowest BCUT2D eigenvalue weighted by molar-refractivity contribution is -0.120. The first-order chi connectivity index (χ1) is 8.11. The van der Waals surface area contributed by atoms with Crippen LogP contribution in [0.5, 0.6) is 0 Å². The zero-order valence-corrected chi connectivity index (χ0v) is 9.69. The van der Waals surface area contributed by atoms with Gasteiger partial charge in [0, 0.05) is 31.4 Å². The minimum atomic E-state index is -0.0679. The van der Waals surface area contributed by atoms with Gasteiger partial charge in [-0.3, -0.25) is 9.59 Å². The van der Waals surface area contributed by atoms with E-state index in [9.17, 15) is 9.59 Å². The van der Waals surface area contributed by atoms with Gasteiger partial charge in [-0.1, -0.05) is 0 Å². The topological polar surface area (TPSA) is 75.4 Å². The first-order valence-electron chi connectivity index (χ1n) is 5.51. The van der Waals surface area contributed by atoms with Crippen molar-refractivity contribution in [2.45, 2.75) is 12.8 Å². The van der Waals surface area contributed by atoms with Crippen LogP contribution in [0.1, 0.15) is 12.0 Å². The van der Waals surface area contributed by atoms with Crippen molar-refractivity contribution in [3.05, 3.63) is 23.8 Å². The van der Waals surface area contributed by atoms with Gasteiger partial charge in [0.25, 0.3) is 0 Å². The Kier molecular flexibility index (Phi) is 2.99. The second kappa shape index (κ2) is 4.45. The minimum Gasteiger partial charge on any atom is -0.399 e. The Labute approximate surface area is 99.6 Å². The zero-order chi connectivity index (χ0) is 12.4. The van der Waals surface area contributed by atoms with E-state index in [-0.39, 0.29) is 11.8 Å². The molecule has 2 amide bonds. The molecule has 0 saturated heterocycles. The van der Waals surface area contributed by atoms with Gasteiger partial charge in [0.15, 0.2) is 0 Å². The van der Waals surface area contributed by atoms with Gasteiger partial charge in [0.1, 0.15) is 0 Å². The summed E-state index contributed by atoms with van der Waals surface area (Å²) in [5.74, 6) is -0.0452. The Morgan fingerprint density at radius 1 is 1.53 bits per heavy atom. The molecule has 1 aliphatic rings. The van der Waals surface area contributed by atoms with Crippen molar-refractivity contribution >= 4 is 23.2 Å². The summed E-state index contributed by atoms with van der Waals surface area (Å²) in [7, 11) is 1.59. The number of nitrogen functional groups attached to an aromatic ring is 1. The number of fused-ring (bicyclic) bond motifs is 1. The maximum atomic E-state index is 11.8. The van der Waals surface area contributed by atoms with Gasteiger partial charge in [-0.25, -0.2) is 0 Å². The van der Waals surface area contributed by atoms with E-state index in [1.165, 1.54) is 0 Å². The van der Waals surface area contributed by atoms with E-state index in [4.69, 9.17) is 5.73 Å². The Hall–Kier alpha value is -2.04. The SMILES string of the molecule is CNC(=O)CCN1C(=O)Cc2cc(N)ccc21. The lowest BCUT2D eigenvalue weighted by Crippen LogP contribution is -2.31. The highest BCUT2D eigenvalue weighted by molar-refractivity contribution is 6.02. The van der Waals surface area contributed by atoms with Crippen molar-refractivity contribution in [3.8, 4) is 0 Å². The summed E-state index contributed by atoms with van der Waals surface area (Å²) in [5, 5.41) is 2.54. The molecule has 0 aromatic heterocycles. The van der Waals surface area contributed by atoms with Crippen molar-refractivity contribution in [1.29, 1.82) is 0 Å². The molecule has 1 aromatic rings. The number of rotatable bonds is 3. The van der Waals surface area contributed by atoms with Gasteiger partial charge in [0.2, 0.25) is 11.8 Å². The van der Waals surface area contributed by atoms with Crippen LogP contribution in [0.3, 0.4) is 0 Å². The maximum Gasteiger partial charge on any atom is 0.231 e. The van der Waals surface area contributed by atoms with E-state index in [1.54, 1.807) is 18.0 Å². The number of carbonyl (C=O) groups is 2. The molecule has 0 bridgehead atoms. The summed E-state index contributed by atoms with van der Waals surface area (Å²) in [6.45, 7) is 0.412. The van der Waals surface area contributed by atoms with Gasteiger partial charge in [0.05, 0.1) is 6.42 Å². The van der Waals surface area contributed by atoms with Gasteiger partial charge in [-0.05, 0) is 23.8 Å². The molecule has 90 valence electrons. The normalized spacial score (nSPS) is 13.7. The summed E-state index contributed by atoms with van der Waals surface area (Å²) < 4.78 is 0. The molecule has 0 saturated carbocycles. The first-order valence-corrected chi connectivity index (χ1v) is 5.51. The molecule has 5 nitrogen and oxygen atoms in total. The van der Waals surface area contributed by atoms with Crippen molar-refractivity contribution in [1.82, 2.24) is 5.32 Å². The number of amides is 2. The Morgan fingerprint density at radius 2 is 2.29 bits per heavy atom. The van der Waals surface area contributed by atoms with Crippen LogP contribution in [0, 0.1) is 0 Å². The largest absolute Gasteiger partial charge is 0.399 e. The highest BCUT2D eigenvalue weighted by atomic mass is 16.2. The highest BCUT2D eigenvalue weighted by Gasteiger charge is 2.27. The van der Waals surface area contributed by atoms with Crippen LogP contribution < -0.4 is 16.0 Å². The molecule has 5 heteroatoms. The van der Waals surface area contributed by atoms with Crippen molar-refractivity contribution in [2.75, 3.05) is 24.2 Å². The van der Waals surface area contributed by atoms with Gasteiger partial charge in [-0.2, -0.15) is 0 Å². The van der Waals surface area contributed by atoms with Crippen LogP contribution in [0.2, 0.25) is 0 Å². The van der Waals surface area contributed by atoms with Crippen molar-refractivity contribution < 1.29 is 9.59 Å². The first kappa shape index (κ1) is 11.4. The fraction of sp³-hybridized carbons (Fsp3) is 0.333. The molecular formula is C12H15N3O2. The predicted molar refractivity (Wildman–Crippen MR) is 65.6 cm³/mol. The molecule has 0 atom stereocenters. The standard InChI is InChI=1S/C12H15N3O2/c1-14-11(16)4-5-15-10-3-2-9(13)6-8(10)7-12(15)17/h2-3,6H,4-5,7,13H2,1H3,(H,14,16). The fourth-order valence-corrected chi connectivity index (χ4v) is 1.99. The molecule has 2 rings (SSSR count). The van der Waals surface area contributed by atoms with E-state index in [0.29, 0.717) is 25.1 Å². The third kappa shape index (κ3) is 2.22. The number of benzene rings is 1. The quantitative estimate of drug-likeness (QED) is 0.737. The van der Waals surface area contributed by atoms with Crippen molar-refractivity contribution in [3.63, 3.8) is 0 Å². The monoisotopic (exact) mass is 233 g/mol. The third-order valence-corrected chi connectivity index (χ3v) is 2.88. The number of hydrogen-bond acceptors (Lipinski definition) is 3. The number of nitrogens with two attached hydrogens (primary N) is 1. The average Bonchev–Trinajstić information content (AvgIpc) is 2.61. The number of anilines is 2. The Bertz CT molecular complexity index is 471. The van der Waals surface area contributed by atoms with E-state index >= 15 is 0 Å². The molecule has 0 radical (unpaired) electrons. The summed E-state index contributed by atoms with van der Waals surface area (Å²) >= 11 is 0.